The van der Waals surface area contributed by atoms with Crippen molar-refractivity contribution in [3.05, 3.63) is 60.3 Å². The van der Waals surface area contributed by atoms with Crippen molar-refractivity contribution < 1.29 is 9.47 Å². The number of methoxy groups -OCH3 is 1. The summed E-state index contributed by atoms with van der Waals surface area (Å²) in [7, 11) is 1.73. The van der Waals surface area contributed by atoms with Gasteiger partial charge in [0.2, 0.25) is 0 Å². The van der Waals surface area contributed by atoms with Crippen molar-refractivity contribution in [2.24, 2.45) is 0 Å². The van der Waals surface area contributed by atoms with E-state index in [0.29, 0.717) is 5.92 Å². The Morgan fingerprint density at radius 1 is 1.04 bits per heavy atom. The maximum Gasteiger partial charge on any atom is 0.119 e. The highest BCUT2D eigenvalue weighted by Gasteiger charge is 2.22. The van der Waals surface area contributed by atoms with E-state index >= 15 is 0 Å². The fraction of sp³-hybridized carbons (Fsp3) is 0.364. The molecule has 0 aliphatic carbocycles. The first-order chi connectivity index (χ1) is 12.8. The Hall–Kier alpha value is -2.46. The minimum atomic E-state index is 0.613. The summed E-state index contributed by atoms with van der Waals surface area (Å²) in [6.07, 6.45) is 4.56. The molecule has 1 aliphatic rings. The van der Waals surface area contributed by atoms with Gasteiger partial charge in [-0.15, -0.1) is 0 Å². The molecule has 0 atom stereocenters. The Morgan fingerprint density at radius 3 is 2.62 bits per heavy atom. The van der Waals surface area contributed by atoms with Crippen molar-refractivity contribution in [3.63, 3.8) is 0 Å². The second-order valence-corrected chi connectivity index (χ2v) is 6.93. The fourth-order valence-corrected chi connectivity index (χ4v) is 3.86. The second kappa shape index (κ2) is 7.83. The van der Waals surface area contributed by atoms with Gasteiger partial charge < -0.3 is 14.5 Å². The number of piperidine rings is 1. The molecule has 1 aliphatic heterocycles. The summed E-state index contributed by atoms with van der Waals surface area (Å²) in [5.41, 5.74) is 2.62. The number of aromatic nitrogens is 1. The van der Waals surface area contributed by atoms with E-state index in [1.807, 2.05) is 36.4 Å². The molecule has 1 fully saturated rings. The monoisotopic (exact) mass is 350 g/mol. The van der Waals surface area contributed by atoms with Crippen LogP contribution in [0.3, 0.4) is 0 Å². The molecule has 1 N–H and O–H groups in total. The van der Waals surface area contributed by atoms with Crippen molar-refractivity contribution >= 4 is 10.9 Å². The summed E-state index contributed by atoms with van der Waals surface area (Å²) in [4.78, 5) is 5.92. The average molecular weight is 350 g/mol. The molecule has 2 aromatic carbocycles. The maximum absolute atomic E-state index is 5.83. The summed E-state index contributed by atoms with van der Waals surface area (Å²) in [5.74, 6) is 2.49. The smallest absolute Gasteiger partial charge is 0.119 e. The van der Waals surface area contributed by atoms with Crippen molar-refractivity contribution in [2.45, 2.75) is 18.8 Å². The van der Waals surface area contributed by atoms with Crippen LogP contribution in [0, 0.1) is 0 Å². The molecule has 1 aromatic heterocycles. The first kappa shape index (κ1) is 17.0. The second-order valence-electron chi connectivity index (χ2n) is 6.93. The summed E-state index contributed by atoms with van der Waals surface area (Å²) >= 11 is 0. The van der Waals surface area contributed by atoms with Gasteiger partial charge in [0, 0.05) is 23.6 Å². The van der Waals surface area contributed by atoms with E-state index in [2.05, 4.69) is 28.2 Å². The van der Waals surface area contributed by atoms with Gasteiger partial charge >= 0.3 is 0 Å². The van der Waals surface area contributed by atoms with Gasteiger partial charge in [-0.2, -0.15) is 0 Å². The van der Waals surface area contributed by atoms with E-state index < -0.39 is 0 Å². The zero-order valence-electron chi connectivity index (χ0n) is 15.3. The highest BCUT2D eigenvalue weighted by atomic mass is 16.5. The van der Waals surface area contributed by atoms with Crippen LogP contribution in [0.25, 0.3) is 10.9 Å². The van der Waals surface area contributed by atoms with Gasteiger partial charge in [-0.25, -0.2) is 0 Å². The van der Waals surface area contributed by atoms with Crippen molar-refractivity contribution in [1.82, 2.24) is 9.88 Å². The van der Waals surface area contributed by atoms with Crippen LogP contribution in [-0.4, -0.2) is 43.2 Å². The van der Waals surface area contributed by atoms with Gasteiger partial charge in [-0.05, 0) is 67.7 Å². The molecule has 4 rings (SSSR count). The molecule has 0 amide bonds. The SMILES string of the molecule is COc1ccc2[nH]cc(C3CCN(CCOc4ccccc4)CC3)c2c1. The molecule has 136 valence electrons. The summed E-state index contributed by atoms with van der Waals surface area (Å²) in [6.45, 7) is 3.99. The molecule has 1 saturated heterocycles. The van der Waals surface area contributed by atoms with Gasteiger partial charge in [-0.1, -0.05) is 18.2 Å². The van der Waals surface area contributed by atoms with E-state index in [0.717, 1.165) is 37.7 Å². The number of ether oxygens (including phenoxy) is 2. The molecule has 0 spiro atoms. The number of likely N-dealkylation sites (tertiary alicyclic amines) is 1. The zero-order valence-corrected chi connectivity index (χ0v) is 15.3. The summed E-state index contributed by atoms with van der Waals surface area (Å²) in [5, 5.41) is 1.30. The number of H-pyrrole nitrogens is 1. The number of benzene rings is 2. The predicted molar refractivity (Wildman–Crippen MR) is 105 cm³/mol. The van der Waals surface area contributed by atoms with Crippen LogP contribution in [0.15, 0.2) is 54.7 Å². The zero-order chi connectivity index (χ0) is 17.8. The third-order valence-corrected chi connectivity index (χ3v) is 5.37. The average Bonchev–Trinajstić information content (AvgIpc) is 3.12. The summed E-state index contributed by atoms with van der Waals surface area (Å²) < 4.78 is 11.2. The molecular weight excluding hydrogens is 324 g/mol. The molecule has 26 heavy (non-hydrogen) atoms. The molecule has 0 unspecified atom stereocenters. The lowest BCUT2D eigenvalue weighted by atomic mass is 9.89. The van der Waals surface area contributed by atoms with Crippen molar-refractivity contribution in [2.75, 3.05) is 33.4 Å². The van der Waals surface area contributed by atoms with Crippen LogP contribution in [0.5, 0.6) is 11.5 Å². The van der Waals surface area contributed by atoms with E-state index in [-0.39, 0.29) is 0 Å². The van der Waals surface area contributed by atoms with Crippen LogP contribution in [0.1, 0.15) is 24.3 Å². The quantitative estimate of drug-likeness (QED) is 0.714. The number of hydrogen-bond acceptors (Lipinski definition) is 3. The highest BCUT2D eigenvalue weighted by Crippen LogP contribution is 2.34. The number of aromatic amines is 1. The standard InChI is InChI=1S/C22H26N2O2/c1-25-19-7-8-22-20(15-19)21(16-23-22)17-9-11-24(12-10-17)13-14-26-18-5-3-2-4-6-18/h2-8,15-17,23H,9-14H2,1H3. The first-order valence-corrected chi connectivity index (χ1v) is 9.39. The van der Waals surface area contributed by atoms with Gasteiger partial charge in [0.05, 0.1) is 7.11 Å². The molecule has 4 nitrogen and oxygen atoms in total. The predicted octanol–water partition coefficient (Wildman–Crippen LogP) is 4.43. The topological polar surface area (TPSA) is 37.5 Å². The summed E-state index contributed by atoms with van der Waals surface area (Å²) in [6, 6.07) is 16.3. The van der Waals surface area contributed by atoms with E-state index in [1.165, 1.54) is 29.3 Å². The molecule has 2 heterocycles. The minimum Gasteiger partial charge on any atom is -0.497 e. The Bertz CT molecular complexity index is 836. The molecule has 0 saturated carbocycles. The number of fused-ring (bicyclic) bond motifs is 1. The Labute approximate surface area is 154 Å². The lowest BCUT2D eigenvalue weighted by molar-refractivity contribution is 0.173. The van der Waals surface area contributed by atoms with E-state index in [4.69, 9.17) is 9.47 Å². The maximum atomic E-state index is 5.83. The number of rotatable bonds is 6. The highest BCUT2D eigenvalue weighted by molar-refractivity contribution is 5.85. The number of hydrogen-bond donors (Lipinski definition) is 1. The number of nitrogens with zero attached hydrogens (tertiary/aromatic N) is 1. The van der Waals surface area contributed by atoms with Crippen LogP contribution < -0.4 is 9.47 Å². The Kier molecular flexibility index (Phi) is 5.12. The van der Waals surface area contributed by atoms with E-state index in [1.54, 1.807) is 7.11 Å². The van der Waals surface area contributed by atoms with Crippen LogP contribution in [0.2, 0.25) is 0 Å². The number of para-hydroxylation sites is 1. The fourth-order valence-electron chi connectivity index (χ4n) is 3.86. The van der Waals surface area contributed by atoms with Gasteiger partial charge in [0.25, 0.3) is 0 Å². The molecule has 0 radical (unpaired) electrons. The third kappa shape index (κ3) is 3.70. The molecule has 0 bridgehead atoms. The third-order valence-electron chi connectivity index (χ3n) is 5.37. The van der Waals surface area contributed by atoms with Gasteiger partial charge in [-0.3, -0.25) is 4.90 Å². The van der Waals surface area contributed by atoms with Crippen molar-refractivity contribution in [3.8, 4) is 11.5 Å². The van der Waals surface area contributed by atoms with Crippen molar-refractivity contribution in [1.29, 1.82) is 0 Å². The molecule has 4 heteroatoms. The van der Waals surface area contributed by atoms with Crippen LogP contribution >= 0.6 is 0 Å². The van der Waals surface area contributed by atoms with Gasteiger partial charge in [0.15, 0.2) is 0 Å². The van der Waals surface area contributed by atoms with Crippen LogP contribution in [-0.2, 0) is 0 Å². The Balaban J connectivity index is 1.32. The van der Waals surface area contributed by atoms with Gasteiger partial charge in [0.1, 0.15) is 18.1 Å². The molecular formula is C22H26N2O2. The minimum absolute atomic E-state index is 0.613. The van der Waals surface area contributed by atoms with Crippen LogP contribution in [0.4, 0.5) is 0 Å². The first-order valence-electron chi connectivity index (χ1n) is 9.39. The lowest BCUT2D eigenvalue weighted by Gasteiger charge is -2.31. The largest absolute Gasteiger partial charge is 0.497 e. The lowest BCUT2D eigenvalue weighted by Crippen LogP contribution is -2.35. The number of nitrogens with one attached hydrogen (secondary N) is 1. The Morgan fingerprint density at radius 2 is 1.85 bits per heavy atom. The van der Waals surface area contributed by atoms with E-state index in [9.17, 15) is 0 Å². The normalized spacial score (nSPS) is 16.0. The molecule has 3 aromatic rings.